The van der Waals surface area contributed by atoms with Crippen molar-refractivity contribution in [3.63, 3.8) is 0 Å². The van der Waals surface area contributed by atoms with Crippen LogP contribution in [0.1, 0.15) is 24.8 Å². The van der Waals surface area contributed by atoms with E-state index in [0.29, 0.717) is 5.96 Å². The molecule has 4 nitrogen and oxygen atoms in total. The molecule has 0 aliphatic heterocycles. The summed E-state index contributed by atoms with van der Waals surface area (Å²) in [5.41, 5.74) is 7.50. The molecule has 0 saturated heterocycles. The van der Waals surface area contributed by atoms with Gasteiger partial charge in [-0.2, -0.15) is 0 Å². The zero-order valence-corrected chi connectivity index (χ0v) is 12.0. The summed E-state index contributed by atoms with van der Waals surface area (Å²) in [7, 11) is 0. The van der Waals surface area contributed by atoms with E-state index in [4.69, 9.17) is 5.73 Å². The Morgan fingerprint density at radius 3 is 2.52 bits per heavy atom. The Kier molecular flexibility index (Phi) is 3.86. The van der Waals surface area contributed by atoms with E-state index in [2.05, 4.69) is 45.6 Å². The van der Waals surface area contributed by atoms with Gasteiger partial charge in [0.05, 0.1) is 6.54 Å². The van der Waals surface area contributed by atoms with Crippen LogP contribution < -0.4 is 11.1 Å². The maximum absolute atomic E-state index is 5.97. The number of guanidine groups is 1. The maximum Gasteiger partial charge on any atom is 0.194 e. The van der Waals surface area contributed by atoms with Crippen molar-refractivity contribution >= 4 is 11.8 Å². The molecular weight excluding hydrogens is 260 g/mol. The number of nitrogens with one attached hydrogen (secondary N) is 1. The Labute approximate surface area is 125 Å². The van der Waals surface area contributed by atoms with Gasteiger partial charge in [0.25, 0.3) is 0 Å². The fraction of sp³-hybridized carbons (Fsp3) is 0.294. The first-order valence-electron chi connectivity index (χ1n) is 7.32. The first-order valence-corrected chi connectivity index (χ1v) is 7.32. The summed E-state index contributed by atoms with van der Waals surface area (Å²) < 4.78 is 0. The van der Waals surface area contributed by atoms with Crippen LogP contribution in [-0.4, -0.2) is 17.5 Å². The molecule has 108 valence electrons. The third-order valence-electron chi connectivity index (χ3n) is 4.17. The molecule has 1 aromatic heterocycles. The standard InChI is InChI=1S/C17H20N4/c18-16(21-15-9-4-5-12-19-15)20-13-17(10-6-11-17)14-7-2-1-3-8-14/h1-5,7-9,12H,6,10-11,13H2,(H3,18,19,20,21). The lowest BCUT2D eigenvalue weighted by Crippen LogP contribution is -2.38. The second-order valence-corrected chi connectivity index (χ2v) is 5.54. The van der Waals surface area contributed by atoms with Gasteiger partial charge in [0.15, 0.2) is 5.96 Å². The lowest BCUT2D eigenvalue weighted by atomic mass is 9.64. The van der Waals surface area contributed by atoms with Gasteiger partial charge < -0.3 is 11.1 Å². The fourth-order valence-electron chi connectivity index (χ4n) is 2.78. The molecule has 0 spiro atoms. The highest BCUT2D eigenvalue weighted by Crippen LogP contribution is 2.43. The van der Waals surface area contributed by atoms with E-state index < -0.39 is 0 Å². The largest absolute Gasteiger partial charge is 0.370 e. The highest BCUT2D eigenvalue weighted by Gasteiger charge is 2.38. The van der Waals surface area contributed by atoms with Gasteiger partial charge in [-0.3, -0.25) is 4.99 Å². The maximum atomic E-state index is 5.97. The van der Waals surface area contributed by atoms with Gasteiger partial charge in [-0.1, -0.05) is 42.8 Å². The number of hydrogen-bond donors (Lipinski definition) is 2. The van der Waals surface area contributed by atoms with Crippen LogP contribution in [0.3, 0.4) is 0 Å². The van der Waals surface area contributed by atoms with Crippen molar-refractivity contribution < 1.29 is 0 Å². The van der Waals surface area contributed by atoms with Crippen LogP contribution in [0.25, 0.3) is 0 Å². The van der Waals surface area contributed by atoms with Gasteiger partial charge >= 0.3 is 0 Å². The molecule has 4 heteroatoms. The Balaban J connectivity index is 1.69. The van der Waals surface area contributed by atoms with Crippen LogP contribution in [0.15, 0.2) is 59.7 Å². The highest BCUT2D eigenvalue weighted by molar-refractivity contribution is 5.91. The molecule has 3 N–H and O–H groups in total. The summed E-state index contributed by atoms with van der Waals surface area (Å²) in [6.07, 6.45) is 5.35. The van der Waals surface area contributed by atoms with Gasteiger partial charge in [0.2, 0.25) is 0 Å². The number of pyridine rings is 1. The van der Waals surface area contributed by atoms with Crippen LogP contribution in [0.4, 0.5) is 5.82 Å². The number of aliphatic imine (C=N–C) groups is 1. The number of rotatable bonds is 4. The number of aromatic nitrogens is 1. The number of anilines is 1. The van der Waals surface area contributed by atoms with Crippen molar-refractivity contribution in [2.75, 3.05) is 11.9 Å². The van der Waals surface area contributed by atoms with Crippen LogP contribution in [0.2, 0.25) is 0 Å². The van der Waals surface area contributed by atoms with E-state index in [-0.39, 0.29) is 5.41 Å². The highest BCUT2D eigenvalue weighted by atomic mass is 15.1. The Morgan fingerprint density at radius 2 is 1.90 bits per heavy atom. The zero-order valence-electron chi connectivity index (χ0n) is 12.0. The Morgan fingerprint density at radius 1 is 1.14 bits per heavy atom. The number of nitrogens with two attached hydrogens (primary N) is 1. The molecule has 1 aliphatic rings. The summed E-state index contributed by atoms with van der Waals surface area (Å²) in [5, 5.41) is 3.03. The molecule has 1 aliphatic carbocycles. The molecule has 21 heavy (non-hydrogen) atoms. The Bertz CT molecular complexity index is 603. The molecule has 1 heterocycles. The number of nitrogens with zero attached hydrogens (tertiary/aromatic N) is 2. The fourth-order valence-corrected chi connectivity index (χ4v) is 2.78. The molecule has 0 unspecified atom stereocenters. The van der Waals surface area contributed by atoms with E-state index in [9.17, 15) is 0 Å². The van der Waals surface area contributed by atoms with E-state index >= 15 is 0 Å². The van der Waals surface area contributed by atoms with Crippen molar-refractivity contribution in [3.05, 3.63) is 60.3 Å². The molecular formula is C17H20N4. The van der Waals surface area contributed by atoms with Crippen LogP contribution in [0, 0.1) is 0 Å². The normalized spacial score (nSPS) is 17.0. The van der Waals surface area contributed by atoms with E-state index in [1.807, 2.05) is 18.2 Å². The van der Waals surface area contributed by atoms with E-state index in [1.54, 1.807) is 6.20 Å². The molecule has 3 rings (SSSR count). The van der Waals surface area contributed by atoms with Crippen molar-refractivity contribution in [2.24, 2.45) is 10.7 Å². The van der Waals surface area contributed by atoms with Gasteiger partial charge in [-0.25, -0.2) is 4.98 Å². The lowest BCUT2D eigenvalue weighted by molar-refractivity contribution is 0.254. The molecule has 1 fully saturated rings. The van der Waals surface area contributed by atoms with Crippen LogP contribution in [0.5, 0.6) is 0 Å². The molecule has 0 atom stereocenters. The third-order valence-corrected chi connectivity index (χ3v) is 4.17. The lowest BCUT2D eigenvalue weighted by Gasteiger charge is -2.41. The minimum Gasteiger partial charge on any atom is -0.370 e. The van der Waals surface area contributed by atoms with Gasteiger partial charge in [0.1, 0.15) is 5.82 Å². The average Bonchev–Trinajstić information content (AvgIpc) is 2.48. The van der Waals surface area contributed by atoms with Crippen molar-refractivity contribution in [2.45, 2.75) is 24.7 Å². The summed E-state index contributed by atoms with van der Waals surface area (Å²) in [6.45, 7) is 0.725. The summed E-state index contributed by atoms with van der Waals surface area (Å²) in [5.74, 6) is 1.15. The minimum absolute atomic E-state index is 0.164. The zero-order chi connectivity index (χ0) is 14.5. The van der Waals surface area contributed by atoms with E-state index in [1.165, 1.54) is 24.8 Å². The molecule has 0 radical (unpaired) electrons. The second-order valence-electron chi connectivity index (χ2n) is 5.54. The van der Waals surface area contributed by atoms with Gasteiger partial charge in [-0.05, 0) is 30.5 Å². The number of hydrogen-bond acceptors (Lipinski definition) is 2. The summed E-state index contributed by atoms with van der Waals surface area (Å²) >= 11 is 0. The first kappa shape index (κ1) is 13.6. The topological polar surface area (TPSA) is 63.3 Å². The van der Waals surface area contributed by atoms with Crippen molar-refractivity contribution in [1.82, 2.24) is 4.98 Å². The van der Waals surface area contributed by atoms with Crippen LogP contribution >= 0.6 is 0 Å². The quantitative estimate of drug-likeness (QED) is 0.668. The first-order chi connectivity index (χ1) is 10.3. The smallest absolute Gasteiger partial charge is 0.194 e. The SMILES string of the molecule is NC(=NCC1(c2ccccc2)CCC1)Nc1ccccn1. The molecule has 0 amide bonds. The summed E-state index contributed by atoms with van der Waals surface area (Å²) in [6, 6.07) is 16.3. The predicted molar refractivity (Wildman–Crippen MR) is 86.3 cm³/mol. The number of benzene rings is 1. The molecule has 0 bridgehead atoms. The van der Waals surface area contributed by atoms with Crippen molar-refractivity contribution in [3.8, 4) is 0 Å². The molecule has 1 aromatic carbocycles. The summed E-state index contributed by atoms with van der Waals surface area (Å²) in [4.78, 5) is 8.72. The molecule has 1 saturated carbocycles. The second kappa shape index (κ2) is 5.95. The predicted octanol–water partition coefficient (Wildman–Crippen LogP) is 2.93. The van der Waals surface area contributed by atoms with Gasteiger partial charge in [-0.15, -0.1) is 0 Å². The van der Waals surface area contributed by atoms with Crippen LogP contribution in [-0.2, 0) is 5.41 Å². The average molecular weight is 280 g/mol. The monoisotopic (exact) mass is 280 g/mol. The van der Waals surface area contributed by atoms with Gasteiger partial charge in [0, 0.05) is 11.6 Å². The van der Waals surface area contributed by atoms with Crippen molar-refractivity contribution in [1.29, 1.82) is 0 Å². The Hall–Kier alpha value is -2.36. The minimum atomic E-state index is 0.164. The molecule has 2 aromatic rings. The van der Waals surface area contributed by atoms with E-state index in [0.717, 1.165) is 12.4 Å². The third kappa shape index (κ3) is 3.05.